The quantitative estimate of drug-likeness (QED) is 0.444. The molecule has 1 fully saturated rings. The Morgan fingerprint density at radius 1 is 1.11 bits per heavy atom. The largest absolute Gasteiger partial charge is 0.356 e. The third-order valence-electron chi connectivity index (χ3n) is 8.10. The number of fused-ring (bicyclic) bond motifs is 7. The van der Waals surface area contributed by atoms with Crippen LogP contribution >= 0.6 is 11.8 Å². The highest BCUT2D eigenvalue weighted by Gasteiger charge is 2.49. The van der Waals surface area contributed by atoms with Crippen LogP contribution in [-0.2, 0) is 16.0 Å². The molecule has 192 valence electrons. The second-order valence-electron chi connectivity index (χ2n) is 10.3. The van der Waals surface area contributed by atoms with E-state index in [2.05, 4.69) is 21.7 Å². The molecule has 7 nitrogen and oxygen atoms in total. The first kappa shape index (κ1) is 24.1. The molecule has 3 atom stereocenters. The van der Waals surface area contributed by atoms with E-state index < -0.39 is 12.1 Å². The zero-order valence-corrected chi connectivity index (χ0v) is 21.8. The fourth-order valence-electron chi connectivity index (χ4n) is 6.28. The molecule has 1 aliphatic carbocycles. The number of hydrogen-bond acceptors (Lipinski definition) is 4. The van der Waals surface area contributed by atoms with Gasteiger partial charge in [-0.1, -0.05) is 49.2 Å². The van der Waals surface area contributed by atoms with Gasteiger partial charge < -0.3 is 20.5 Å². The van der Waals surface area contributed by atoms with Crippen molar-refractivity contribution in [1.29, 1.82) is 0 Å². The summed E-state index contributed by atoms with van der Waals surface area (Å²) in [6.07, 6.45) is 7.18. The van der Waals surface area contributed by atoms with Crippen molar-refractivity contribution in [3.05, 3.63) is 70.9 Å². The highest BCUT2D eigenvalue weighted by Crippen LogP contribution is 2.46. The molecule has 3 heterocycles. The lowest BCUT2D eigenvalue weighted by molar-refractivity contribution is -0.132. The van der Waals surface area contributed by atoms with E-state index in [1.807, 2.05) is 48.7 Å². The molecule has 2 aromatic carbocycles. The second-order valence-corrected chi connectivity index (χ2v) is 11.3. The van der Waals surface area contributed by atoms with Crippen LogP contribution in [0.2, 0.25) is 0 Å². The van der Waals surface area contributed by atoms with E-state index >= 15 is 0 Å². The minimum Gasteiger partial charge on any atom is -0.356 e. The molecule has 1 saturated carbocycles. The number of thioether (sulfide) groups is 1. The van der Waals surface area contributed by atoms with Crippen LogP contribution in [0, 0.1) is 0 Å². The van der Waals surface area contributed by atoms with Crippen LogP contribution in [0.15, 0.2) is 48.5 Å². The van der Waals surface area contributed by atoms with Crippen molar-refractivity contribution in [3.63, 3.8) is 0 Å². The zero-order chi connectivity index (χ0) is 25.5. The SMILES string of the molecule is CSCC[C@H](NC(=O)[C@@H]1Cc2c([nH]c3ccccc23)[C@H]2c3ccccc3C(=O)N21)C(=O)NC1CCCC1. The maximum Gasteiger partial charge on any atom is 0.255 e. The van der Waals surface area contributed by atoms with Crippen LogP contribution in [0.4, 0.5) is 0 Å². The molecule has 3 amide bonds. The van der Waals surface area contributed by atoms with Crippen molar-refractivity contribution in [2.24, 2.45) is 0 Å². The topological polar surface area (TPSA) is 94.3 Å². The van der Waals surface area contributed by atoms with E-state index in [4.69, 9.17) is 0 Å². The lowest BCUT2D eigenvalue weighted by Crippen LogP contribution is -2.57. The summed E-state index contributed by atoms with van der Waals surface area (Å²) >= 11 is 1.65. The van der Waals surface area contributed by atoms with Crippen LogP contribution in [0.1, 0.15) is 65.3 Å². The third-order valence-corrected chi connectivity index (χ3v) is 8.74. The van der Waals surface area contributed by atoms with Gasteiger partial charge in [-0.05, 0) is 54.5 Å². The van der Waals surface area contributed by atoms with Gasteiger partial charge in [0.1, 0.15) is 12.1 Å². The fourth-order valence-corrected chi connectivity index (χ4v) is 6.75. The van der Waals surface area contributed by atoms with Crippen LogP contribution < -0.4 is 10.6 Å². The molecule has 0 bridgehead atoms. The van der Waals surface area contributed by atoms with Crippen molar-refractivity contribution in [3.8, 4) is 0 Å². The summed E-state index contributed by atoms with van der Waals surface area (Å²) in [6, 6.07) is 14.2. The predicted octanol–water partition coefficient (Wildman–Crippen LogP) is 3.93. The summed E-state index contributed by atoms with van der Waals surface area (Å²) in [6.45, 7) is 0. The van der Waals surface area contributed by atoms with Gasteiger partial charge in [0.05, 0.1) is 6.04 Å². The molecular weight excluding hydrogens is 484 g/mol. The van der Waals surface area contributed by atoms with Gasteiger partial charge in [0.15, 0.2) is 0 Å². The van der Waals surface area contributed by atoms with Gasteiger partial charge in [-0.25, -0.2) is 0 Å². The van der Waals surface area contributed by atoms with Gasteiger partial charge in [0.2, 0.25) is 11.8 Å². The number of rotatable bonds is 7. The van der Waals surface area contributed by atoms with Crippen LogP contribution in [0.25, 0.3) is 10.9 Å². The van der Waals surface area contributed by atoms with E-state index in [9.17, 15) is 14.4 Å². The van der Waals surface area contributed by atoms with E-state index in [1.165, 1.54) is 0 Å². The number of para-hydroxylation sites is 1. The average molecular weight is 517 g/mol. The number of amides is 3. The van der Waals surface area contributed by atoms with Crippen LogP contribution in [0.3, 0.4) is 0 Å². The highest BCUT2D eigenvalue weighted by molar-refractivity contribution is 7.98. The molecule has 3 aromatic rings. The first-order chi connectivity index (χ1) is 18.1. The van der Waals surface area contributed by atoms with E-state index in [1.54, 1.807) is 16.7 Å². The second kappa shape index (κ2) is 9.89. The Morgan fingerprint density at radius 2 is 1.86 bits per heavy atom. The third kappa shape index (κ3) is 4.21. The minimum absolute atomic E-state index is 0.120. The van der Waals surface area contributed by atoms with Crippen molar-refractivity contribution in [2.45, 2.75) is 62.7 Å². The highest BCUT2D eigenvalue weighted by atomic mass is 32.2. The molecule has 3 N–H and O–H groups in total. The van der Waals surface area contributed by atoms with Crippen LogP contribution in [-0.4, -0.2) is 57.7 Å². The summed E-state index contributed by atoms with van der Waals surface area (Å²) < 4.78 is 0. The Kier molecular flexibility index (Phi) is 6.44. The van der Waals surface area contributed by atoms with E-state index in [-0.39, 0.29) is 29.8 Å². The Balaban J connectivity index is 1.34. The number of benzene rings is 2. The monoisotopic (exact) mass is 516 g/mol. The van der Waals surface area contributed by atoms with E-state index in [0.717, 1.165) is 59.2 Å². The van der Waals surface area contributed by atoms with Gasteiger partial charge in [-0.3, -0.25) is 14.4 Å². The van der Waals surface area contributed by atoms with Crippen molar-refractivity contribution >= 4 is 40.4 Å². The molecule has 0 saturated heterocycles. The van der Waals surface area contributed by atoms with Gasteiger partial charge in [-0.15, -0.1) is 0 Å². The maximum atomic E-state index is 13.9. The summed E-state index contributed by atoms with van der Waals surface area (Å²) in [5, 5.41) is 7.28. The number of H-pyrrole nitrogens is 1. The molecule has 1 aromatic heterocycles. The molecule has 0 radical (unpaired) electrons. The predicted molar refractivity (Wildman–Crippen MR) is 146 cm³/mol. The van der Waals surface area contributed by atoms with Gasteiger partial charge in [-0.2, -0.15) is 11.8 Å². The summed E-state index contributed by atoms with van der Waals surface area (Å²) in [7, 11) is 0. The molecule has 37 heavy (non-hydrogen) atoms. The van der Waals surface area contributed by atoms with E-state index in [0.29, 0.717) is 18.4 Å². The van der Waals surface area contributed by atoms with Gasteiger partial charge >= 0.3 is 0 Å². The smallest absolute Gasteiger partial charge is 0.255 e. The Bertz CT molecular complexity index is 1360. The number of nitrogens with zero attached hydrogens (tertiary/aromatic N) is 1. The molecule has 8 heteroatoms. The number of carbonyl (C=O) groups excluding carboxylic acids is 3. The molecule has 3 aliphatic rings. The maximum absolute atomic E-state index is 13.9. The Morgan fingerprint density at radius 3 is 2.68 bits per heavy atom. The molecule has 0 spiro atoms. The standard InChI is InChI=1S/C29H32N4O3S/c1-37-15-14-23(27(34)30-17-8-2-3-9-17)32-28(35)24-16-21-18-10-6-7-13-22(18)31-25(21)26-19-11-4-5-12-20(19)29(36)33(24)26/h4-7,10-13,17,23-24,26,31H,2-3,8-9,14-16H2,1H3,(H,30,34)(H,32,35)/t23-,24-,26+/m0/s1. The summed E-state index contributed by atoms with van der Waals surface area (Å²) in [5.74, 6) is 0.234. The fraction of sp³-hybridized carbons (Fsp3) is 0.414. The molecule has 0 unspecified atom stereocenters. The van der Waals surface area contributed by atoms with Crippen molar-refractivity contribution < 1.29 is 14.4 Å². The lowest BCUT2D eigenvalue weighted by atomic mass is 9.89. The number of hydrogen-bond donors (Lipinski definition) is 3. The van der Waals surface area contributed by atoms with Crippen LogP contribution in [0.5, 0.6) is 0 Å². The lowest BCUT2D eigenvalue weighted by Gasteiger charge is -2.37. The van der Waals surface area contributed by atoms with Gasteiger partial charge in [0, 0.05) is 34.6 Å². The van der Waals surface area contributed by atoms with Crippen molar-refractivity contribution in [1.82, 2.24) is 20.5 Å². The number of carbonyl (C=O) groups is 3. The normalized spacial score (nSPS) is 21.4. The number of aromatic amines is 1. The number of nitrogens with one attached hydrogen (secondary N) is 3. The van der Waals surface area contributed by atoms with Gasteiger partial charge in [0.25, 0.3) is 5.91 Å². The molecule has 2 aliphatic heterocycles. The molecule has 6 rings (SSSR count). The first-order valence-corrected chi connectivity index (χ1v) is 14.6. The Hall–Kier alpha value is -3.26. The molecular formula is C29H32N4O3S. The van der Waals surface area contributed by atoms with Crippen molar-refractivity contribution in [2.75, 3.05) is 12.0 Å². The summed E-state index contributed by atoms with van der Waals surface area (Å²) in [4.78, 5) is 46.0. The average Bonchev–Trinajstić information content (AvgIpc) is 3.63. The number of aromatic nitrogens is 1. The Labute approximate surface area is 220 Å². The minimum atomic E-state index is -0.701. The zero-order valence-electron chi connectivity index (χ0n) is 21.0. The first-order valence-electron chi connectivity index (χ1n) is 13.2. The summed E-state index contributed by atoms with van der Waals surface area (Å²) in [5.41, 5.74) is 4.59.